The molecule has 11 heteroatoms. The fourth-order valence-electron chi connectivity index (χ4n) is 1.65. The lowest BCUT2D eigenvalue weighted by molar-refractivity contribution is 0.141. The zero-order chi connectivity index (χ0) is 16.7. The molecule has 126 valence electrons. The van der Waals surface area contributed by atoms with Gasteiger partial charge in [-0.3, -0.25) is 0 Å². The summed E-state index contributed by atoms with van der Waals surface area (Å²) < 4.78 is 14.1. The zero-order valence-electron chi connectivity index (χ0n) is 12.1. The van der Waals surface area contributed by atoms with Crippen LogP contribution in [0.4, 0.5) is 0 Å². The molecule has 0 unspecified atom stereocenters. The van der Waals surface area contributed by atoms with E-state index < -0.39 is 31.1 Å². The summed E-state index contributed by atoms with van der Waals surface area (Å²) in [6.45, 7) is 6.02. The molecule has 0 atom stereocenters. The van der Waals surface area contributed by atoms with Gasteiger partial charge in [0, 0.05) is 0 Å². The summed E-state index contributed by atoms with van der Waals surface area (Å²) in [5.41, 5.74) is 0. The predicted octanol–water partition coefficient (Wildman–Crippen LogP) is 5.77. The normalized spacial score (nSPS) is 13.6. The Labute approximate surface area is 162 Å². The van der Waals surface area contributed by atoms with E-state index in [1.165, 1.54) is 0 Å². The average molecular weight is 455 g/mol. The van der Waals surface area contributed by atoms with Gasteiger partial charge in [-0.25, -0.2) is 0 Å². The molecule has 0 aliphatic heterocycles. The molecule has 0 saturated carbocycles. The minimum atomic E-state index is -2.56. The van der Waals surface area contributed by atoms with Gasteiger partial charge >= 0.3 is 15.1 Å². The highest BCUT2D eigenvalue weighted by Gasteiger charge is 2.43. The van der Waals surface area contributed by atoms with Gasteiger partial charge < -0.3 is 11.1 Å². The summed E-state index contributed by atoms with van der Waals surface area (Å²) in [6.07, 6.45) is 0. The Bertz CT molecular complexity index is 269. The molecular formula is C10H19AlCl6O3Si. The van der Waals surface area contributed by atoms with Crippen molar-refractivity contribution in [3.8, 4) is 0 Å². The molecule has 0 bridgehead atoms. The molecule has 0 amide bonds. The van der Waals surface area contributed by atoms with Crippen LogP contribution in [0.3, 0.4) is 0 Å². The van der Waals surface area contributed by atoms with Gasteiger partial charge in [0.25, 0.3) is 0 Å². The fraction of sp³-hybridized carbons (Fsp3) is 1.00. The van der Waals surface area contributed by atoms with E-state index >= 15 is 0 Å². The molecule has 0 radical (unpaired) electrons. The van der Waals surface area contributed by atoms with Crippen LogP contribution < -0.4 is 0 Å². The number of hydrogen-bond donors (Lipinski definition) is 0. The molecule has 0 saturated heterocycles. The van der Waals surface area contributed by atoms with Crippen LogP contribution in [0.5, 0.6) is 0 Å². The number of alkyl halides is 6. The smallest absolute Gasteiger partial charge is 0.498 e. The van der Waals surface area contributed by atoms with Crippen molar-refractivity contribution in [2.24, 2.45) is 0 Å². The zero-order valence-corrected chi connectivity index (χ0v) is 18.8. The van der Waals surface area contributed by atoms with E-state index in [1.54, 1.807) is 0 Å². The predicted molar refractivity (Wildman–Crippen MR) is 96.5 cm³/mol. The van der Waals surface area contributed by atoms with Gasteiger partial charge in [-0.1, -0.05) is 90.4 Å². The van der Waals surface area contributed by atoms with Crippen LogP contribution in [-0.2, 0) is 11.1 Å². The molecular weight excluding hydrogens is 436 g/mol. The van der Waals surface area contributed by atoms with E-state index in [-0.39, 0.29) is 13.2 Å². The molecule has 0 aliphatic rings. The lowest BCUT2D eigenvalue weighted by atomic mass is 10.9. The third kappa shape index (κ3) is 11.5. The summed E-state index contributed by atoms with van der Waals surface area (Å²) >= 11 is 31.6. The topological polar surface area (TPSA) is 27.7 Å². The van der Waals surface area contributed by atoms with Crippen molar-refractivity contribution >= 4 is 93.1 Å². The first kappa shape index (κ1) is 23.4. The third-order valence-electron chi connectivity index (χ3n) is 3.05. The molecule has 0 aliphatic carbocycles. The van der Waals surface area contributed by atoms with Crippen molar-refractivity contribution in [3.05, 3.63) is 0 Å². The van der Waals surface area contributed by atoms with Crippen molar-refractivity contribution in [1.29, 1.82) is 0 Å². The quantitative estimate of drug-likeness (QED) is 0.327. The maximum Gasteiger partial charge on any atom is 0.894 e. The van der Waals surface area contributed by atoms with Gasteiger partial charge in [-0.05, 0) is 18.1 Å². The lowest BCUT2D eigenvalue weighted by Gasteiger charge is -2.32. The standard InChI is InChI=1S/C6H15OSi.2C2H2Cl3O.Al/c1-4-8(7,5-2)6-3;2*3-2(4,5)1-6;/h4-6H2,1-3H3;2*1H2;/q3*-1;+3. The molecule has 0 rings (SSSR count). The van der Waals surface area contributed by atoms with Crippen molar-refractivity contribution < 1.29 is 11.1 Å². The fourth-order valence-corrected chi connectivity index (χ4v) is 9.20. The monoisotopic (exact) mass is 452 g/mol. The second kappa shape index (κ2) is 10.4. The maximum absolute atomic E-state index is 6.16. The first-order valence-corrected chi connectivity index (χ1v) is 12.7. The van der Waals surface area contributed by atoms with E-state index in [4.69, 9.17) is 80.7 Å². The van der Waals surface area contributed by atoms with Crippen LogP contribution in [0.2, 0.25) is 18.1 Å². The summed E-state index contributed by atoms with van der Waals surface area (Å²) in [7, 11) is -1.92. The average Bonchev–Trinajstić information content (AvgIpc) is 2.36. The SMILES string of the molecule is CC[Si](CC)(CC)[O][Al]([O]CC(Cl)(Cl)Cl)[O]CC(Cl)(Cl)Cl. The number of hydrogen-bond acceptors (Lipinski definition) is 3. The highest BCUT2D eigenvalue weighted by Crippen LogP contribution is 2.30. The molecule has 0 spiro atoms. The summed E-state index contributed by atoms with van der Waals surface area (Å²) in [5, 5.41) is 0. The Kier molecular flexibility index (Phi) is 11.6. The van der Waals surface area contributed by atoms with Crippen molar-refractivity contribution in [2.75, 3.05) is 13.2 Å². The Balaban J connectivity index is 4.77. The summed E-state index contributed by atoms with van der Waals surface area (Å²) in [5.74, 6) is 0. The van der Waals surface area contributed by atoms with Crippen molar-refractivity contribution in [3.63, 3.8) is 0 Å². The molecule has 0 aromatic carbocycles. The van der Waals surface area contributed by atoms with Crippen LogP contribution in [0.15, 0.2) is 0 Å². The van der Waals surface area contributed by atoms with Gasteiger partial charge in [0.1, 0.15) is 0 Å². The van der Waals surface area contributed by atoms with Gasteiger partial charge in [0.05, 0.1) is 13.2 Å². The van der Waals surface area contributed by atoms with E-state index in [9.17, 15) is 0 Å². The first-order valence-electron chi connectivity index (χ1n) is 6.51. The minimum absolute atomic E-state index is 0.129. The van der Waals surface area contributed by atoms with E-state index in [0.717, 1.165) is 18.1 Å². The molecule has 3 nitrogen and oxygen atoms in total. The third-order valence-corrected chi connectivity index (χ3v) is 11.2. The molecule has 0 fully saturated rings. The van der Waals surface area contributed by atoms with Gasteiger partial charge in [-0.15, -0.1) is 0 Å². The van der Waals surface area contributed by atoms with Crippen LogP contribution in [0.1, 0.15) is 20.8 Å². The summed E-state index contributed by atoms with van der Waals surface area (Å²) in [6, 6.07) is 2.83. The molecule has 21 heavy (non-hydrogen) atoms. The van der Waals surface area contributed by atoms with E-state index in [1.807, 2.05) is 0 Å². The molecule has 0 heterocycles. The second-order valence-corrected chi connectivity index (χ2v) is 16.2. The molecule has 0 aromatic rings. The first-order chi connectivity index (χ1) is 9.47. The maximum atomic E-state index is 6.16. The second-order valence-electron chi connectivity index (χ2n) is 4.50. The summed E-state index contributed by atoms with van der Waals surface area (Å²) in [4.78, 5) is 0. The highest BCUT2D eigenvalue weighted by atomic mass is 35.6. The van der Waals surface area contributed by atoms with Crippen LogP contribution >= 0.6 is 69.6 Å². The highest BCUT2D eigenvalue weighted by molar-refractivity contribution is 6.78. The largest absolute Gasteiger partial charge is 0.894 e. The Morgan fingerprint density at radius 1 is 0.762 bits per heavy atom. The number of halogens is 6. The van der Waals surface area contributed by atoms with E-state index in [2.05, 4.69) is 20.8 Å². The van der Waals surface area contributed by atoms with E-state index in [0.29, 0.717) is 0 Å². The van der Waals surface area contributed by atoms with Crippen LogP contribution in [0.25, 0.3) is 0 Å². The van der Waals surface area contributed by atoms with Crippen LogP contribution in [0, 0.1) is 0 Å². The Morgan fingerprint density at radius 2 is 1.10 bits per heavy atom. The molecule has 0 N–H and O–H groups in total. The Morgan fingerprint density at radius 3 is 1.33 bits per heavy atom. The minimum Gasteiger partial charge on any atom is -0.498 e. The Hall–Kier alpha value is 2.37. The van der Waals surface area contributed by atoms with Gasteiger partial charge in [0.15, 0.2) is 8.32 Å². The van der Waals surface area contributed by atoms with Gasteiger partial charge in [0.2, 0.25) is 7.59 Å². The van der Waals surface area contributed by atoms with Gasteiger partial charge in [-0.2, -0.15) is 0 Å². The molecule has 0 aromatic heterocycles. The van der Waals surface area contributed by atoms with Crippen LogP contribution in [-0.4, -0.2) is 44.3 Å². The van der Waals surface area contributed by atoms with Crippen molar-refractivity contribution in [2.45, 2.75) is 46.5 Å². The van der Waals surface area contributed by atoms with Crippen molar-refractivity contribution in [1.82, 2.24) is 0 Å². The lowest BCUT2D eigenvalue weighted by Crippen LogP contribution is -2.46. The number of rotatable bonds is 9.